The molecule has 42 heavy (non-hydrogen) atoms. The Morgan fingerprint density at radius 2 is 1.45 bits per heavy atom. The average Bonchev–Trinajstić information content (AvgIpc) is 2.97. The van der Waals surface area contributed by atoms with E-state index in [0.29, 0.717) is 22.7 Å². The van der Waals surface area contributed by atoms with Crippen LogP contribution in [0.3, 0.4) is 0 Å². The monoisotopic (exact) mass is 563 g/mol. The Kier molecular flexibility index (Phi) is 7.96. The van der Waals surface area contributed by atoms with Gasteiger partial charge >= 0.3 is 12.0 Å². The maximum atomic E-state index is 12.4. The van der Waals surface area contributed by atoms with Crippen LogP contribution in [-0.4, -0.2) is 35.9 Å². The van der Waals surface area contributed by atoms with Crippen LogP contribution in [0.2, 0.25) is 0 Å². The minimum absolute atomic E-state index is 0.0499. The number of rotatable bonds is 10. The van der Waals surface area contributed by atoms with Gasteiger partial charge in [-0.3, -0.25) is 14.9 Å². The number of carbonyl (C=O) groups is 1. The number of benzene rings is 4. The molecule has 0 unspecified atom stereocenters. The Labute approximate surface area is 238 Å². The van der Waals surface area contributed by atoms with Crippen molar-refractivity contribution >= 4 is 29.2 Å². The number of phenolic OH excluding ortho intramolecular Hbond substituents is 2. The zero-order chi connectivity index (χ0) is 29.5. The first-order valence-corrected chi connectivity index (χ1v) is 12.4. The van der Waals surface area contributed by atoms with Crippen LogP contribution >= 0.6 is 0 Å². The molecule has 208 valence electrons. The zero-order valence-electron chi connectivity index (χ0n) is 21.6. The molecule has 0 radical (unpaired) electrons. The molecule has 0 fully saturated rings. The number of para-hydroxylation sites is 1. The maximum Gasteiger partial charge on any atom is 0.330 e. The number of anilines is 2. The summed E-state index contributed by atoms with van der Waals surface area (Å²) >= 11 is 0. The van der Waals surface area contributed by atoms with E-state index in [0.717, 1.165) is 6.07 Å². The number of aromatic hydroxyl groups is 2. The predicted octanol–water partition coefficient (Wildman–Crippen LogP) is 6.42. The van der Waals surface area contributed by atoms with E-state index in [-0.39, 0.29) is 40.7 Å². The molecule has 0 amide bonds. The zero-order valence-corrected chi connectivity index (χ0v) is 21.6. The predicted molar refractivity (Wildman–Crippen MR) is 152 cm³/mol. The number of nitro groups is 1. The Morgan fingerprint density at radius 1 is 0.810 bits per heavy atom. The maximum absolute atomic E-state index is 12.4. The van der Waals surface area contributed by atoms with Gasteiger partial charge in [0.15, 0.2) is 5.78 Å². The molecule has 4 aromatic carbocycles. The van der Waals surface area contributed by atoms with Gasteiger partial charge in [-0.15, -0.1) is 4.98 Å². The van der Waals surface area contributed by atoms with Gasteiger partial charge < -0.3 is 25.0 Å². The van der Waals surface area contributed by atoms with Crippen molar-refractivity contribution in [2.24, 2.45) is 0 Å². The highest BCUT2D eigenvalue weighted by Crippen LogP contribution is 2.27. The topological polar surface area (TPSA) is 170 Å². The minimum atomic E-state index is -0.496. The quantitative estimate of drug-likeness (QED) is 0.0742. The highest BCUT2D eigenvalue weighted by molar-refractivity contribution is 6.08. The summed E-state index contributed by atoms with van der Waals surface area (Å²) in [6.07, 6.45) is 2.87. The Balaban J connectivity index is 1.33. The molecule has 0 bridgehead atoms. The van der Waals surface area contributed by atoms with Crippen LogP contribution in [0.1, 0.15) is 15.9 Å². The van der Waals surface area contributed by atoms with Crippen LogP contribution < -0.4 is 14.8 Å². The molecule has 0 atom stereocenters. The Morgan fingerprint density at radius 3 is 2.07 bits per heavy atom. The number of nitrogens with one attached hydrogen (secondary N) is 1. The van der Waals surface area contributed by atoms with Crippen LogP contribution in [0, 0.1) is 10.1 Å². The number of ketones is 1. The van der Waals surface area contributed by atoms with Crippen molar-refractivity contribution in [3.8, 4) is 35.0 Å². The van der Waals surface area contributed by atoms with Gasteiger partial charge in [-0.25, -0.2) is 0 Å². The van der Waals surface area contributed by atoms with Crippen LogP contribution in [0.5, 0.6) is 35.0 Å². The highest BCUT2D eigenvalue weighted by atomic mass is 16.6. The number of phenols is 2. The lowest BCUT2D eigenvalue weighted by Crippen LogP contribution is -2.03. The van der Waals surface area contributed by atoms with E-state index in [1.807, 2.05) is 6.07 Å². The lowest BCUT2D eigenvalue weighted by atomic mass is 10.1. The molecule has 0 spiro atoms. The number of hydrogen-bond acceptors (Lipinski definition) is 11. The summed E-state index contributed by atoms with van der Waals surface area (Å²) in [5.74, 6) is 0.0565. The van der Waals surface area contributed by atoms with Crippen molar-refractivity contribution in [3.05, 3.63) is 124 Å². The summed E-state index contributed by atoms with van der Waals surface area (Å²) in [7, 11) is 0. The molecule has 0 saturated carbocycles. The first kappa shape index (κ1) is 27.3. The van der Waals surface area contributed by atoms with Gasteiger partial charge in [0.2, 0.25) is 5.95 Å². The van der Waals surface area contributed by atoms with E-state index in [1.54, 1.807) is 54.6 Å². The number of allylic oxidation sites excluding steroid dienone is 1. The van der Waals surface area contributed by atoms with Crippen LogP contribution in [0.15, 0.2) is 103 Å². The molecule has 12 nitrogen and oxygen atoms in total. The number of aromatic nitrogens is 3. The SMILES string of the molecule is O=C(C=Cc1ccc(Oc2nc(Nc3ccc([N+](=O)[O-])cc3)nc(Oc3ccccc3)n2)cc1)c1ccc(O)cc1O. The normalized spacial score (nSPS) is 10.8. The van der Waals surface area contributed by atoms with Crippen molar-refractivity contribution in [3.63, 3.8) is 0 Å². The third kappa shape index (κ3) is 7.01. The van der Waals surface area contributed by atoms with Crippen molar-refractivity contribution in [1.82, 2.24) is 15.0 Å². The largest absolute Gasteiger partial charge is 0.508 e. The van der Waals surface area contributed by atoms with Gasteiger partial charge in [0, 0.05) is 23.9 Å². The van der Waals surface area contributed by atoms with Crippen molar-refractivity contribution in [1.29, 1.82) is 0 Å². The van der Waals surface area contributed by atoms with Gasteiger partial charge in [-0.05, 0) is 60.2 Å². The molecule has 5 rings (SSSR count). The summed E-state index contributed by atoms with van der Waals surface area (Å²) < 4.78 is 11.6. The fraction of sp³-hybridized carbons (Fsp3) is 0. The molecular weight excluding hydrogens is 542 g/mol. The summed E-state index contributed by atoms with van der Waals surface area (Å²) in [5.41, 5.74) is 1.17. The lowest BCUT2D eigenvalue weighted by molar-refractivity contribution is -0.384. The van der Waals surface area contributed by atoms with E-state index in [4.69, 9.17) is 9.47 Å². The number of nitrogens with zero attached hydrogens (tertiary/aromatic N) is 4. The second-order valence-electron chi connectivity index (χ2n) is 8.64. The second kappa shape index (κ2) is 12.3. The molecule has 5 aromatic rings. The van der Waals surface area contributed by atoms with E-state index >= 15 is 0 Å². The van der Waals surface area contributed by atoms with Crippen molar-refractivity contribution in [2.75, 3.05) is 5.32 Å². The van der Waals surface area contributed by atoms with E-state index in [9.17, 15) is 25.1 Å². The molecule has 0 aliphatic rings. The van der Waals surface area contributed by atoms with Gasteiger partial charge in [0.25, 0.3) is 5.69 Å². The average molecular weight is 564 g/mol. The molecule has 3 N–H and O–H groups in total. The van der Waals surface area contributed by atoms with Crippen LogP contribution in [-0.2, 0) is 0 Å². The van der Waals surface area contributed by atoms with Crippen LogP contribution in [0.4, 0.5) is 17.3 Å². The smallest absolute Gasteiger partial charge is 0.330 e. The van der Waals surface area contributed by atoms with Gasteiger partial charge in [-0.1, -0.05) is 36.4 Å². The second-order valence-corrected chi connectivity index (χ2v) is 8.64. The molecule has 0 aliphatic carbocycles. The molecule has 1 heterocycles. The lowest BCUT2D eigenvalue weighted by Gasteiger charge is -2.10. The highest BCUT2D eigenvalue weighted by Gasteiger charge is 2.13. The Hall–Kier alpha value is -6.30. The summed E-state index contributed by atoms with van der Waals surface area (Å²) in [4.78, 5) is 35.7. The van der Waals surface area contributed by atoms with Gasteiger partial charge in [0.05, 0.1) is 10.5 Å². The molecule has 12 heteroatoms. The van der Waals surface area contributed by atoms with E-state index in [1.165, 1.54) is 42.5 Å². The molecule has 0 saturated heterocycles. The number of nitro benzene ring substituents is 1. The van der Waals surface area contributed by atoms with Gasteiger partial charge in [0.1, 0.15) is 23.0 Å². The number of ether oxygens (including phenoxy) is 2. The summed E-state index contributed by atoms with van der Waals surface area (Å²) in [5, 5.41) is 33.2. The van der Waals surface area contributed by atoms with Crippen molar-refractivity contribution < 1.29 is 29.4 Å². The fourth-order valence-corrected chi connectivity index (χ4v) is 3.62. The number of carbonyl (C=O) groups excluding carboxylic acids is 1. The summed E-state index contributed by atoms with van der Waals surface area (Å²) in [6.45, 7) is 0. The fourth-order valence-electron chi connectivity index (χ4n) is 3.62. The minimum Gasteiger partial charge on any atom is -0.508 e. The summed E-state index contributed by atoms with van der Waals surface area (Å²) in [6, 6.07) is 24.9. The number of hydrogen-bond donors (Lipinski definition) is 3. The molecule has 1 aromatic heterocycles. The first-order chi connectivity index (χ1) is 20.3. The van der Waals surface area contributed by atoms with E-state index in [2.05, 4.69) is 20.3 Å². The standard InChI is InChI=1S/C30H21N5O7/c36-22-13-16-25(27(38)18-22)26(37)17-8-19-6-14-24(15-7-19)42-30-33-28(31-20-9-11-21(12-10-20)35(39)40)32-29(34-30)41-23-4-2-1-3-5-23/h1-18,36,38H,(H,31,32,33,34). The van der Waals surface area contributed by atoms with Crippen molar-refractivity contribution in [2.45, 2.75) is 0 Å². The molecule has 0 aliphatic heterocycles. The third-order valence-corrected chi connectivity index (χ3v) is 5.64. The first-order valence-electron chi connectivity index (χ1n) is 12.4. The molecular formula is C30H21N5O7. The van der Waals surface area contributed by atoms with E-state index < -0.39 is 10.7 Å². The number of non-ortho nitro benzene ring substituents is 1. The third-order valence-electron chi connectivity index (χ3n) is 5.64. The van der Waals surface area contributed by atoms with Crippen LogP contribution in [0.25, 0.3) is 6.08 Å². The van der Waals surface area contributed by atoms with Gasteiger partial charge in [-0.2, -0.15) is 9.97 Å². The Bertz CT molecular complexity index is 1760.